The third-order valence-electron chi connectivity index (χ3n) is 4.59. The van der Waals surface area contributed by atoms with E-state index in [0.29, 0.717) is 6.54 Å². The van der Waals surface area contributed by atoms with Crippen molar-refractivity contribution in [1.29, 1.82) is 0 Å². The molecule has 0 aliphatic heterocycles. The number of likely N-dealkylation sites (N-methyl/N-ethyl adjacent to an activating group) is 1. The van der Waals surface area contributed by atoms with E-state index < -0.39 is 0 Å². The molecule has 0 bridgehead atoms. The van der Waals surface area contributed by atoms with E-state index in [0.717, 1.165) is 16.9 Å². The molecule has 2 unspecified atom stereocenters. The molecule has 6 nitrogen and oxygen atoms in total. The summed E-state index contributed by atoms with van der Waals surface area (Å²) in [4.78, 5) is 26.2. The van der Waals surface area contributed by atoms with Crippen LogP contribution in [0.15, 0.2) is 54.6 Å². The van der Waals surface area contributed by atoms with Gasteiger partial charge in [0.15, 0.2) is 0 Å². The van der Waals surface area contributed by atoms with Gasteiger partial charge in [-0.25, -0.2) is 0 Å². The maximum atomic E-state index is 12.6. The van der Waals surface area contributed by atoms with Crippen LogP contribution in [0.1, 0.15) is 36.6 Å². The van der Waals surface area contributed by atoms with E-state index in [1.807, 2.05) is 68.7 Å². The van der Waals surface area contributed by atoms with Gasteiger partial charge in [-0.2, -0.15) is 0 Å². The van der Waals surface area contributed by atoms with Crippen molar-refractivity contribution in [1.82, 2.24) is 15.5 Å². The van der Waals surface area contributed by atoms with E-state index in [1.165, 1.54) is 6.92 Å². The summed E-state index contributed by atoms with van der Waals surface area (Å²) in [5.41, 5.74) is 2.00. The van der Waals surface area contributed by atoms with Gasteiger partial charge in [-0.3, -0.25) is 9.59 Å². The minimum atomic E-state index is -0.350. The predicted molar refractivity (Wildman–Crippen MR) is 110 cm³/mol. The van der Waals surface area contributed by atoms with Crippen LogP contribution >= 0.6 is 0 Å². The largest absolute Gasteiger partial charge is 0.497 e. The number of hydrogen-bond acceptors (Lipinski definition) is 4. The van der Waals surface area contributed by atoms with Gasteiger partial charge in [0.2, 0.25) is 11.8 Å². The average molecular weight is 383 g/mol. The van der Waals surface area contributed by atoms with Crippen LogP contribution in [0.25, 0.3) is 0 Å². The van der Waals surface area contributed by atoms with Gasteiger partial charge >= 0.3 is 0 Å². The van der Waals surface area contributed by atoms with Crippen LogP contribution in [0.4, 0.5) is 0 Å². The first kappa shape index (κ1) is 21.4. The number of hydrogen-bond donors (Lipinski definition) is 2. The Hall–Kier alpha value is -2.86. The van der Waals surface area contributed by atoms with Crippen LogP contribution < -0.4 is 15.4 Å². The number of benzene rings is 2. The smallest absolute Gasteiger partial charge is 0.222 e. The summed E-state index contributed by atoms with van der Waals surface area (Å²) in [7, 11) is 5.59. The van der Waals surface area contributed by atoms with Gasteiger partial charge in [-0.05, 0) is 37.4 Å². The van der Waals surface area contributed by atoms with E-state index >= 15 is 0 Å². The number of nitrogens with zero attached hydrogens (tertiary/aromatic N) is 1. The Morgan fingerprint density at radius 1 is 1.00 bits per heavy atom. The summed E-state index contributed by atoms with van der Waals surface area (Å²) in [5, 5.41) is 5.86. The Balaban J connectivity index is 2.01. The first-order valence-corrected chi connectivity index (χ1v) is 9.29. The topological polar surface area (TPSA) is 70.7 Å². The summed E-state index contributed by atoms with van der Waals surface area (Å²) >= 11 is 0. The molecule has 2 atom stereocenters. The number of rotatable bonds is 9. The second kappa shape index (κ2) is 10.5. The van der Waals surface area contributed by atoms with Crippen molar-refractivity contribution in [3.63, 3.8) is 0 Å². The van der Waals surface area contributed by atoms with Gasteiger partial charge in [-0.15, -0.1) is 0 Å². The van der Waals surface area contributed by atoms with Crippen molar-refractivity contribution in [3.8, 4) is 5.75 Å². The molecule has 0 spiro atoms. The lowest BCUT2D eigenvalue weighted by atomic mass is 10.0. The molecular formula is C22H29N3O3. The fourth-order valence-electron chi connectivity index (χ4n) is 3.08. The van der Waals surface area contributed by atoms with Gasteiger partial charge < -0.3 is 20.3 Å². The highest BCUT2D eigenvalue weighted by Crippen LogP contribution is 2.21. The molecule has 0 radical (unpaired) electrons. The predicted octanol–water partition coefficient (Wildman–Crippen LogP) is 2.68. The Morgan fingerprint density at radius 2 is 1.64 bits per heavy atom. The minimum absolute atomic E-state index is 0.0331. The molecule has 0 saturated heterocycles. The molecule has 2 rings (SSSR count). The monoisotopic (exact) mass is 383 g/mol. The van der Waals surface area contributed by atoms with Crippen LogP contribution in [0.3, 0.4) is 0 Å². The first-order chi connectivity index (χ1) is 13.4. The molecule has 0 saturated carbocycles. The fourth-order valence-corrected chi connectivity index (χ4v) is 3.08. The van der Waals surface area contributed by atoms with E-state index in [-0.39, 0.29) is 30.3 Å². The van der Waals surface area contributed by atoms with Crippen molar-refractivity contribution in [2.24, 2.45) is 0 Å². The Kier molecular flexibility index (Phi) is 8.02. The maximum Gasteiger partial charge on any atom is 0.222 e. The number of carbonyl (C=O) groups excluding carboxylic acids is 2. The summed E-state index contributed by atoms with van der Waals surface area (Å²) in [6.45, 7) is 1.93. The van der Waals surface area contributed by atoms with Crippen LogP contribution in [0.5, 0.6) is 5.75 Å². The van der Waals surface area contributed by atoms with E-state index in [1.54, 1.807) is 7.11 Å². The molecule has 0 aromatic heterocycles. The average Bonchev–Trinajstić information content (AvgIpc) is 2.68. The molecule has 2 aromatic carbocycles. The molecule has 0 aliphatic rings. The molecule has 0 aliphatic carbocycles. The van der Waals surface area contributed by atoms with Gasteiger partial charge in [0, 0.05) is 13.5 Å². The second-order valence-electron chi connectivity index (χ2n) is 6.92. The standard InChI is InChI=1S/C22H29N3O3/c1-16(26)24-20(17-8-6-5-7-9-17)14-22(27)23-15-21(25(2)3)18-10-12-19(28-4)13-11-18/h5-13,20-21H,14-15H2,1-4H3,(H,23,27)(H,24,26). The lowest BCUT2D eigenvalue weighted by Crippen LogP contribution is -2.37. The SMILES string of the molecule is COc1ccc(C(CNC(=O)CC(NC(C)=O)c2ccccc2)N(C)C)cc1. The highest BCUT2D eigenvalue weighted by Gasteiger charge is 2.19. The molecule has 150 valence electrons. The fraction of sp³-hybridized carbons (Fsp3) is 0.364. The third-order valence-corrected chi connectivity index (χ3v) is 4.59. The summed E-state index contributed by atoms with van der Waals surface area (Å²) in [6, 6.07) is 17.0. The van der Waals surface area contributed by atoms with E-state index in [9.17, 15) is 9.59 Å². The maximum absolute atomic E-state index is 12.6. The van der Waals surface area contributed by atoms with Crippen molar-refractivity contribution in [2.75, 3.05) is 27.7 Å². The van der Waals surface area contributed by atoms with Crippen molar-refractivity contribution < 1.29 is 14.3 Å². The third kappa shape index (κ3) is 6.39. The normalized spacial score (nSPS) is 12.9. The molecular weight excluding hydrogens is 354 g/mol. The van der Waals surface area contributed by atoms with Crippen LogP contribution in [-0.4, -0.2) is 44.5 Å². The summed E-state index contributed by atoms with van der Waals surface area (Å²) in [6.07, 6.45) is 0.187. The molecule has 2 aromatic rings. The van der Waals surface area contributed by atoms with Crippen molar-refractivity contribution in [2.45, 2.75) is 25.4 Å². The van der Waals surface area contributed by atoms with E-state index in [2.05, 4.69) is 15.5 Å². The Labute approximate surface area is 166 Å². The zero-order valence-corrected chi connectivity index (χ0v) is 16.9. The lowest BCUT2D eigenvalue weighted by Gasteiger charge is -2.26. The van der Waals surface area contributed by atoms with E-state index in [4.69, 9.17) is 4.74 Å². The lowest BCUT2D eigenvalue weighted by molar-refractivity contribution is -0.123. The van der Waals surface area contributed by atoms with Crippen LogP contribution in [-0.2, 0) is 9.59 Å². The highest BCUT2D eigenvalue weighted by molar-refractivity contribution is 5.79. The molecule has 2 amide bonds. The zero-order chi connectivity index (χ0) is 20.5. The molecule has 6 heteroatoms. The van der Waals surface area contributed by atoms with Crippen LogP contribution in [0.2, 0.25) is 0 Å². The second-order valence-corrected chi connectivity index (χ2v) is 6.92. The molecule has 0 heterocycles. The van der Waals surface area contributed by atoms with Crippen molar-refractivity contribution in [3.05, 3.63) is 65.7 Å². The number of methoxy groups -OCH3 is 1. The van der Waals surface area contributed by atoms with Crippen LogP contribution in [0, 0.1) is 0 Å². The first-order valence-electron chi connectivity index (χ1n) is 9.29. The minimum Gasteiger partial charge on any atom is -0.497 e. The summed E-state index contributed by atoms with van der Waals surface area (Å²) in [5.74, 6) is 0.528. The summed E-state index contributed by atoms with van der Waals surface area (Å²) < 4.78 is 5.21. The van der Waals surface area contributed by atoms with Gasteiger partial charge in [0.25, 0.3) is 0 Å². The molecule has 2 N–H and O–H groups in total. The number of amides is 2. The quantitative estimate of drug-likeness (QED) is 0.698. The number of nitrogens with one attached hydrogen (secondary N) is 2. The molecule has 28 heavy (non-hydrogen) atoms. The van der Waals surface area contributed by atoms with Crippen molar-refractivity contribution >= 4 is 11.8 Å². The zero-order valence-electron chi connectivity index (χ0n) is 16.9. The Morgan fingerprint density at radius 3 is 2.18 bits per heavy atom. The van der Waals surface area contributed by atoms with Gasteiger partial charge in [0.05, 0.1) is 25.6 Å². The van der Waals surface area contributed by atoms with Gasteiger partial charge in [-0.1, -0.05) is 42.5 Å². The van der Waals surface area contributed by atoms with Gasteiger partial charge in [0.1, 0.15) is 5.75 Å². The number of carbonyl (C=O) groups is 2. The number of ether oxygens (including phenoxy) is 1. The molecule has 0 fully saturated rings. The Bertz CT molecular complexity index is 760. The highest BCUT2D eigenvalue weighted by atomic mass is 16.5.